The standard InChI is InChI=1S/C21H43NO/c1-3-5-6-7-8-9-10-11-12-13-14-15-16-17-18-19-21-22(23)20-4-2/h4,23H,2-3,5-21H2,1H3. The molecule has 0 unspecified atom stereocenters. The maximum absolute atomic E-state index is 9.43. The molecule has 0 aromatic heterocycles. The molecule has 138 valence electrons. The molecule has 0 aromatic rings. The second kappa shape index (κ2) is 19.7. The lowest BCUT2D eigenvalue weighted by atomic mass is 10.0. The first-order valence-corrected chi connectivity index (χ1v) is 10.4. The lowest BCUT2D eigenvalue weighted by Crippen LogP contribution is -2.20. The maximum atomic E-state index is 9.43. The third-order valence-electron chi connectivity index (χ3n) is 4.61. The van der Waals surface area contributed by atoms with E-state index >= 15 is 0 Å². The van der Waals surface area contributed by atoms with Gasteiger partial charge in [0.05, 0.1) is 0 Å². The lowest BCUT2D eigenvalue weighted by molar-refractivity contribution is -0.0810. The fourth-order valence-corrected chi connectivity index (χ4v) is 3.08. The van der Waals surface area contributed by atoms with Gasteiger partial charge in [-0.05, 0) is 6.42 Å². The topological polar surface area (TPSA) is 23.5 Å². The van der Waals surface area contributed by atoms with Gasteiger partial charge in [-0.1, -0.05) is 109 Å². The third-order valence-corrected chi connectivity index (χ3v) is 4.61. The SMILES string of the molecule is C=CCN(O)CCCCCCCCCCCCCCCCCC. The van der Waals surface area contributed by atoms with Crippen molar-refractivity contribution in [1.29, 1.82) is 0 Å². The summed E-state index contributed by atoms with van der Waals surface area (Å²) in [5.74, 6) is 0. The Hall–Kier alpha value is -0.340. The molecule has 0 fully saturated rings. The van der Waals surface area contributed by atoms with Crippen LogP contribution in [0.1, 0.15) is 110 Å². The van der Waals surface area contributed by atoms with E-state index in [4.69, 9.17) is 0 Å². The molecule has 23 heavy (non-hydrogen) atoms. The summed E-state index contributed by atoms with van der Waals surface area (Å²) in [5, 5.41) is 10.8. The zero-order chi connectivity index (χ0) is 17.0. The Morgan fingerprint density at radius 2 is 1.00 bits per heavy atom. The molecule has 0 amide bonds. The van der Waals surface area contributed by atoms with Gasteiger partial charge in [-0.3, -0.25) is 0 Å². The van der Waals surface area contributed by atoms with Crippen LogP contribution < -0.4 is 0 Å². The average molecular weight is 326 g/mol. The van der Waals surface area contributed by atoms with Gasteiger partial charge in [-0.2, -0.15) is 5.06 Å². The highest BCUT2D eigenvalue weighted by Gasteiger charge is 1.97. The van der Waals surface area contributed by atoms with E-state index in [0.29, 0.717) is 6.54 Å². The van der Waals surface area contributed by atoms with Gasteiger partial charge in [0.15, 0.2) is 0 Å². The van der Waals surface area contributed by atoms with Gasteiger partial charge >= 0.3 is 0 Å². The van der Waals surface area contributed by atoms with E-state index in [1.54, 1.807) is 6.08 Å². The molecular weight excluding hydrogens is 282 g/mol. The van der Waals surface area contributed by atoms with E-state index in [1.807, 2.05) is 0 Å². The van der Waals surface area contributed by atoms with Crippen molar-refractivity contribution in [1.82, 2.24) is 5.06 Å². The van der Waals surface area contributed by atoms with Crippen LogP contribution in [0.2, 0.25) is 0 Å². The van der Waals surface area contributed by atoms with Crippen LogP contribution in [0.5, 0.6) is 0 Å². The smallest absolute Gasteiger partial charge is 0.0416 e. The molecule has 0 atom stereocenters. The molecule has 0 aliphatic heterocycles. The van der Waals surface area contributed by atoms with Gasteiger partial charge in [0.25, 0.3) is 0 Å². The van der Waals surface area contributed by atoms with Crippen molar-refractivity contribution in [3.8, 4) is 0 Å². The van der Waals surface area contributed by atoms with Crippen molar-refractivity contribution < 1.29 is 5.21 Å². The fourth-order valence-electron chi connectivity index (χ4n) is 3.08. The van der Waals surface area contributed by atoms with E-state index in [2.05, 4.69) is 13.5 Å². The highest BCUT2D eigenvalue weighted by Crippen LogP contribution is 2.13. The Morgan fingerprint density at radius 3 is 1.35 bits per heavy atom. The largest absolute Gasteiger partial charge is 0.314 e. The molecule has 1 N–H and O–H groups in total. The minimum Gasteiger partial charge on any atom is -0.314 e. The van der Waals surface area contributed by atoms with Crippen molar-refractivity contribution in [2.75, 3.05) is 13.1 Å². The van der Waals surface area contributed by atoms with E-state index < -0.39 is 0 Å². The molecule has 2 heteroatoms. The van der Waals surface area contributed by atoms with Gasteiger partial charge in [0.1, 0.15) is 0 Å². The van der Waals surface area contributed by atoms with Crippen molar-refractivity contribution in [3.05, 3.63) is 12.7 Å². The Labute approximate surface area is 146 Å². The zero-order valence-electron chi connectivity index (χ0n) is 15.9. The van der Waals surface area contributed by atoms with E-state index in [9.17, 15) is 5.21 Å². The van der Waals surface area contributed by atoms with E-state index in [-0.39, 0.29) is 0 Å². The van der Waals surface area contributed by atoms with Crippen molar-refractivity contribution >= 4 is 0 Å². The van der Waals surface area contributed by atoms with Gasteiger partial charge in [0, 0.05) is 13.1 Å². The first kappa shape index (κ1) is 22.7. The molecule has 0 saturated carbocycles. The first-order chi connectivity index (χ1) is 11.3. The zero-order valence-corrected chi connectivity index (χ0v) is 15.9. The predicted octanol–water partition coefficient (Wildman–Crippen LogP) is 7.13. The van der Waals surface area contributed by atoms with Crippen LogP contribution in [0.25, 0.3) is 0 Å². The minimum atomic E-state index is 0.582. The van der Waals surface area contributed by atoms with Gasteiger partial charge in [0.2, 0.25) is 0 Å². The van der Waals surface area contributed by atoms with Gasteiger partial charge < -0.3 is 5.21 Å². The van der Waals surface area contributed by atoms with Crippen LogP contribution >= 0.6 is 0 Å². The molecule has 0 radical (unpaired) electrons. The summed E-state index contributed by atoms with van der Waals surface area (Å²) in [6, 6.07) is 0. The molecule has 0 spiro atoms. The highest BCUT2D eigenvalue weighted by molar-refractivity contribution is 4.68. The van der Waals surface area contributed by atoms with Crippen molar-refractivity contribution in [2.24, 2.45) is 0 Å². The van der Waals surface area contributed by atoms with Crippen LogP contribution in [0.15, 0.2) is 12.7 Å². The van der Waals surface area contributed by atoms with Crippen LogP contribution in [0.4, 0.5) is 0 Å². The molecule has 0 heterocycles. The average Bonchev–Trinajstić information content (AvgIpc) is 2.54. The van der Waals surface area contributed by atoms with Gasteiger partial charge in [-0.15, -0.1) is 6.58 Å². The van der Waals surface area contributed by atoms with Crippen LogP contribution in [0, 0.1) is 0 Å². The first-order valence-electron chi connectivity index (χ1n) is 10.4. The summed E-state index contributed by atoms with van der Waals surface area (Å²) in [4.78, 5) is 0. The predicted molar refractivity (Wildman–Crippen MR) is 103 cm³/mol. The molecule has 0 aliphatic rings. The second-order valence-corrected chi connectivity index (χ2v) is 7.00. The molecular formula is C21H43NO. The summed E-state index contributed by atoms with van der Waals surface area (Å²) < 4.78 is 0. The molecule has 0 aromatic carbocycles. The quantitative estimate of drug-likeness (QED) is 0.155. The van der Waals surface area contributed by atoms with E-state index in [0.717, 1.165) is 13.0 Å². The number of rotatable bonds is 19. The Kier molecular flexibility index (Phi) is 19.4. The van der Waals surface area contributed by atoms with Crippen molar-refractivity contribution in [2.45, 2.75) is 110 Å². The highest BCUT2D eigenvalue weighted by atomic mass is 16.5. The summed E-state index contributed by atoms with van der Waals surface area (Å²) in [7, 11) is 0. The summed E-state index contributed by atoms with van der Waals surface area (Å²) in [6.45, 7) is 7.27. The Morgan fingerprint density at radius 1 is 0.652 bits per heavy atom. The summed E-state index contributed by atoms with van der Waals surface area (Å²) in [5.41, 5.74) is 0. The molecule has 0 rings (SSSR count). The number of hydrogen-bond acceptors (Lipinski definition) is 2. The number of hydroxylamine groups is 2. The normalized spacial score (nSPS) is 11.3. The summed E-state index contributed by atoms with van der Waals surface area (Å²) in [6.07, 6.45) is 23.9. The number of unbranched alkanes of at least 4 members (excludes halogenated alkanes) is 15. The summed E-state index contributed by atoms with van der Waals surface area (Å²) >= 11 is 0. The van der Waals surface area contributed by atoms with Crippen LogP contribution in [0.3, 0.4) is 0 Å². The Bertz CT molecular complexity index is 230. The van der Waals surface area contributed by atoms with Gasteiger partial charge in [-0.25, -0.2) is 0 Å². The monoisotopic (exact) mass is 325 g/mol. The van der Waals surface area contributed by atoms with Crippen LogP contribution in [-0.2, 0) is 0 Å². The lowest BCUT2D eigenvalue weighted by Gasteiger charge is -2.11. The maximum Gasteiger partial charge on any atom is 0.0416 e. The fraction of sp³-hybridized carbons (Fsp3) is 0.905. The van der Waals surface area contributed by atoms with Crippen molar-refractivity contribution in [3.63, 3.8) is 0 Å². The molecule has 0 saturated heterocycles. The second-order valence-electron chi connectivity index (χ2n) is 7.00. The number of hydrogen-bond donors (Lipinski definition) is 1. The van der Waals surface area contributed by atoms with E-state index in [1.165, 1.54) is 101 Å². The Balaban J connectivity index is 3.01. The minimum absolute atomic E-state index is 0.582. The third kappa shape index (κ3) is 19.6. The number of nitrogens with zero attached hydrogens (tertiary/aromatic N) is 1. The molecule has 2 nitrogen and oxygen atoms in total. The molecule has 0 bridgehead atoms. The van der Waals surface area contributed by atoms with Crippen LogP contribution in [-0.4, -0.2) is 23.4 Å². The molecule has 0 aliphatic carbocycles.